The Kier molecular flexibility index (Phi) is 6.44. The van der Waals surface area contributed by atoms with E-state index in [1.807, 2.05) is 30.3 Å². The standard InChI is InChI=1S/C21H25N3O3/c1-27-18-9-7-16(8-10-18)20(25)24-19(15-5-3-2-4-6-15)21(26)23-17-11-13-22-14-12-17/h2-10,17,19,22H,11-14H2,1H3,(H,23,26)(H,24,25). The Hall–Kier alpha value is -2.86. The maximum atomic E-state index is 12.9. The Morgan fingerprint density at radius 2 is 1.70 bits per heavy atom. The van der Waals surface area contributed by atoms with Crippen LogP contribution in [0, 0.1) is 0 Å². The number of hydrogen-bond acceptors (Lipinski definition) is 4. The number of amides is 2. The summed E-state index contributed by atoms with van der Waals surface area (Å²) >= 11 is 0. The lowest BCUT2D eigenvalue weighted by Crippen LogP contribution is -2.47. The molecule has 2 amide bonds. The van der Waals surface area contributed by atoms with Gasteiger partial charge in [-0.15, -0.1) is 0 Å². The van der Waals surface area contributed by atoms with Crippen LogP contribution < -0.4 is 20.7 Å². The minimum Gasteiger partial charge on any atom is -0.497 e. The Balaban J connectivity index is 1.74. The highest BCUT2D eigenvalue weighted by Gasteiger charge is 2.26. The number of carbonyl (C=O) groups is 2. The molecule has 1 saturated heterocycles. The van der Waals surface area contributed by atoms with Crippen molar-refractivity contribution in [1.82, 2.24) is 16.0 Å². The van der Waals surface area contributed by atoms with Gasteiger partial charge < -0.3 is 20.7 Å². The van der Waals surface area contributed by atoms with E-state index >= 15 is 0 Å². The lowest BCUT2D eigenvalue weighted by Gasteiger charge is -2.26. The third-order valence-corrected chi connectivity index (χ3v) is 4.71. The maximum Gasteiger partial charge on any atom is 0.252 e. The molecule has 6 nitrogen and oxygen atoms in total. The van der Waals surface area contributed by atoms with Crippen LogP contribution >= 0.6 is 0 Å². The Morgan fingerprint density at radius 3 is 2.33 bits per heavy atom. The van der Waals surface area contributed by atoms with E-state index in [2.05, 4.69) is 16.0 Å². The van der Waals surface area contributed by atoms with E-state index in [0.717, 1.165) is 31.5 Å². The van der Waals surface area contributed by atoms with Crippen molar-refractivity contribution in [3.8, 4) is 5.75 Å². The highest BCUT2D eigenvalue weighted by Crippen LogP contribution is 2.17. The number of nitrogens with one attached hydrogen (secondary N) is 3. The van der Waals surface area contributed by atoms with Crippen LogP contribution in [-0.2, 0) is 4.79 Å². The molecule has 142 valence electrons. The number of piperidine rings is 1. The Labute approximate surface area is 159 Å². The first-order valence-electron chi connectivity index (χ1n) is 9.18. The number of hydrogen-bond donors (Lipinski definition) is 3. The van der Waals surface area contributed by atoms with E-state index in [1.165, 1.54) is 0 Å². The average molecular weight is 367 g/mol. The molecular weight excluding hydrogens is 342 g/mol. The molecule has 2 aromatic rings. The molecule has 0 saturated carbocycles. The molecule has 1 aliphatic heterocycles. The monoisotopic (exact) mass is 367 g/mol. The Morgan fingerprint density at radius 1 is 1.04 bits per heavy atom. The van der Waals surface area contributed by atoms with Gasteiger partial charge in [-0.3, -0.25) is 9.59 Å². The Bertz CT molecular complexity index is 756. The van der Waals surface area contributed by atoms with Gasteiger partial charge in [-0.1, -0.05) is 30.3 Å². The van der Waals surface area contributed by atoms with Gasteiger partial charge in [0.25, 0.3) is 5.91 Å². The second kappa shape index (κ2) is 9.19. The number of benzene rings is 2. The van der Waals surface area contributed by atoms with E-state index in [4.69, 9.17) is 4.74 Å². The zero-order chi connectivity index (χ0) is 19.1. The summed E-state index contributed by atoms with van der Waals surface area (Å²) in [5.74, 6) is 0.191. The van der Waals surface area contributed by atoms with Gasteiger partial charge in [0.2, 0.25) is 5.91 Å². The van der Waals surface area contributed by atoms with Crippen LogP contribution in [0.2, 0.25) is 0 Å². The molecule has 1 heterocycles. The summed E-state index contributed by atoms with van der Waals surface area (Å²) < 4.78 is 5.12. The molecule has 0 aliphatic carbocycles. The van der Waals surface area contributed by atoms with Gasteiger partial charge in [0.15, 0.2) is 0 Å². The van der Waals surface area contributed by atoms with E-state index in [-0.39, 0.29) is 17.9 Å². The largest absolute Gasteiger partial charge is 0.497 e. The number of rotatable bonds is 6. The third kappa shape index (κ3) is 5.08. The van der Waals surface area contributed by atoms with Crippen molar-refractivity contribution in [3.63, 3.8) is 0 Å². The fourth-order valence-corrected chi connectivity index (χ4v) is 3.15. The molecule has 3 N–H and O–H groups in total. The highest BCUT2D eigenvalue weighted by atomic mass is 16.5. The average Bonchev–Trinajstić information content (AvgIpc) is 2.73. The summed E-state index contributed by atoms with van der Waals surface area (Å²) in [6.45, 7) is 1.78. The molecule has 0 radical (unpaired) electrons. The van der Waals surface area contributed by atoms with Crippen LogP contribution in [0.3, 0.4) is 0 Å². The highest BCUT2D eigenvalue weighted by molar-refractivity contribution is 5.98. The van der Waals surface area contributed by atoms with Crippen LogP contribution in [-0.4, -0.2) is 38.1 Å². The molecule has 1 atom stereocenters. The topological polar surface area (TPSA) is 79.5 Å². The third-order valence-electron chi connectivity index (χ3n) is 4.71. The zero-order valence-electron chi connectivity index (χ0n) is 15.4. The second-order valence-corrected chi connectivity index (χ2v) is 6.58. The van der Waals surface area contributed by atoms with Gasteiger partial charge in [-0.05, 0) is 55.8 Å². The molecule has 0 spiro atoms. The van der Waals surface area contributed by atoms with E-state index in [9.17, 15) is 9.59 Å². The fourth-order valence-electron chi connectivity index (χ4n) is 3.15. The van der Waals surface area contributed by atoms with Crippen molar-refractivity contribution >= 4 is 11.8 Å². The van der Waals surface area contributed by atoms with Crippen molar-refractivity contribution in [3.05, 3.63) is 65.7 Å². The fraction of sp³-hybridized carbons (Fsp3) is 0.333. The predicted molar refractivity (Wildman–Crippen MR) is 104 cm³/mol. The first kappa shape index (κ1) is 18.9. The molecule has 3 rings (SSSR count). The van der Waals surface area contributed by atoms with Crippen LogP contribution in [0.25, 0.3) is 0 Å². The quantitative estimate of drug-likeness (QED) is 0.730. The summed E-state index contributed by atoms with van der Waals surface area (Å²) in [6, 6.07) is 15.5. The molecule has 1 unspecified atom stereocenters. The predicted octanol–water partition coefficient (Wildman–Crippen LogP) is 2.03. The normalized spacial score (nSPS) is 15.6. The second-order valence-electron chi connectivity index (χ2n) is 6.58. The minimum absolute atomic E-state index is 0.128. The van der Waals surface area contributed by atoms with Gasteiger partial charge in [0.1, 0.15) is 11.8 Å². The molecule has 1 aliphatic rings. The lowest BCUT2D eigenvalue weighted by molar-refractivity contribution is -0.124. The lowest BCUT2D eigenvalue weighted by atomic mass is 10.0. The number of ether oxygens (including phenoxy) is 1. The summed E-state index contributed by atoms with van der Waals surface area (Å²) in [7, 11) is 1.58. The molecular formula is C21H25N3O3. The van der Waals surface area contributed by atoms with E-state index in [0.29, 0.717) is 11.3 Å². The molecule has 2 aromatic carbocycles. The molecule has 6 heteroatoms. The summed E-state index contributed by atoms with van der Waals surface area (Å²) in [5.41, 5.74) is 1.23. The van der Waals surface area contributed by atoms with Gasteiger partial charge >= 0.3 is 0 Å². The molecule has 0 bridgehead atoms. The van der Waals surface area contributed by atoms with Crippen molar-refractivity contribution in [2.75, 3.05) is 20.2 Å². The van der Waals surface area contributed by atoms with Crippen LogP contribution in [0.15, 0.2) is 54.6 Å². The smallest absolute Gasteiger partial charge is 0.252 e. The maximum absolute atomic E-state index is 12.9. The van der Waals surface area contributed by atoms with Gasteiger partial charge in [0, 0.05) is 11.6 Å². The minimum atomic E-state index is -0.740. The van der Waals surface area contributed by atoms with E-state index in [1.54, 1.807) is 31.4 Å². The van der Waals surface area contributed by atoms with Crippen molar-refractivity contribution in [1.29, 1.82) is 0 Å². The SMILES string of the molecule is COc1ccc(C(=O)NC(C(=O)NC2CCNCC2)c2ccccc2)cc1. The molecule has 1 fully saturated rings. The number of carbonyl (C=O) groups excluding carboxylic acids is 2. The van der Waals surface area contributed by atoms with Crippen molar-refractivity contribution in [2.45, 2.75) is 24.9 Å². The van der Waals surface area contributed by atoms with E-state index < -0.39 is 6.04 Å². The summed E-state index contributed by atoms with van der Waals surface area (Å²) in [4.78, 5) is 25.6. The summed E-state index contributed by atoms with van der Waals surface area (Å²) in [6.07, 6.45) is 1.78. The number of methoxy groups -OCH3 is 1. The summed E-state index contributed by atoms with van der Waals surface area (Å²) in [5, 5.41) is 9.23. The van der Waals surface area contributed by atoms with Crippen LogP contribution in [0.5, 0.6) is 5.75 Å². The molecule has 0 aromatic heterocycles. The zero-order valence-corrected chi connectivity index (χ0v) is 15.4. The van der Waals surface area contributed by atoms with Gasteiger partial charge in [-0.2, -0.15) is 0 Å². The van der Waals surface area contributed by atoms with Gasteiger partial charge in [0.05, 0.1) is 7.11 Å². The first-order valence-corrected chi connectivity index (χ1v) is 9.18. The van der Waals surface area contributed by atoms with Crippen molar-refractivity contribution < 1.29 is 14.3 Å². The van der Waals surface area contributed by atoms with Crippen LogP contribution in [0.4, 0.5) is 0 Å². The van der Waals surface area contributed by atoms with Gasteiger partial charge in [-0.25, -0.2) is 0 Å². The molecule has 27 heavy (non-hydrogen) atoms. The van der Waals surface area contributed by atoms with Crippen molar-refractivity contribution in [2.24, 2.45) is 0 Å². The first-order chi connectivity index (χ1) is 13.2. The van der Waals surface area contributed by atoms with Crippen LogP contribution in [0.1, 0.15) is 34.8 Å².